The van der Waals surface area contributed by atoms with Gasteiger partial charge in [-0.15, -0.1) is 0 Å². The van der Waals surface area contributed by atoms with Gasteiger partial charge in [0.2, 0.25) is 0 Å². The zero-order valence-corrected chi connectivity index (χ0v) is 16.1. The lowest BCUT2D eigenvalue weighted by Crippen LogP contribution is -2.58. The van der Waals surface area contributed by atoms with Gasteiger partial charge < -0.3 is 32.7 Å². The Morgan fingerprint density at radius 2 is 1.75 bits per heavy atom. The zero-order chi connectivity index (χ0) is 19.7. The molecular formula is C15H23N3O9Si. The number of aromatic amines is 1. The molecule has 4 aliphatic heterocycles. The molecule has 1 aromatic heterocycles. The van der Waals surface area contributed by atoms with Gasteiger partial charge in [0.15, 0.2) is 6.23 Å². The molecule has 0 radical (unpaired) electrons. The van der Waals surface area contributed by atoms with E-state index in [0.29, 0.717) is 19.8 Å². The smallest absolute Gasteiger partial charge is 0.387 e. The molecule has 28 heavy (non-hydrogen) atoms. The number of hydrogen-bond acceptors (Lipinski definition) is 10. The maximum Gasteiger partial charge on any atom is 0.679 e. The van der Waals surface area contributed by atoms with Crippen molar-refractivity contribution in [2.75, 3.05) is 46.1 Å². The predicted molar refractivity (Wildman–Crippen MR) is 93.2 cm³/mol. The van der Waals surface area contributed by atoms with Crippen LogP contribution in [0.1, 0.15) is 6.23 Å². The van der Waals surface area contributed by atoms with Gasteiger partial charge in [0, 0.05) is 31.9 Å². The van der Waals surface area contributed by atoms with Crippen LogP contribution in [0.4, 0.5) is 0 Å². The summed E-state index contributed by atoms with van der Waals surface area (Å²) in [6.07, 6.45) is -3.61. The molecule has 0 amide bonds. The van der Waals surface area contributed by atoms with Crippen molar-refractivity contribution >= 4 is 9.05 Å². The fourth-order valence-electron chi connectivity index (χ4n) is 3.39. The average molecular weight is 417 g/mol. The highest BCUT2D eigenvalue weighted by atomic mass is 28.4. The highest BCUT2D eigenvalue weighted by Crippen LogP contribution is 2.29. The molecule has 0 saturated carbocycles. The van der Waals surface area contributed by atoms with Crippen LogP contribution in [-0.4, -0.2) is 98.1 Å². The summed E-state index contributed by atoms with van der Waals surface area (Å²) >= 11 is 0. The molecule has 5 heterocycles. The Kier molecular flexibility index (Phi) is 5.77. The lowest BCUT2D eigenvalue weighted by molar-refractivity contribution is -0.103. The van der Waals surface area contributed by atoms with E-state index in [2.05, 4.69) is 9.88 Å². The van der Waals surface area contributed by atoms with Gasteiger partial charge in [0.1, 0.15) is 18.3 Å². The number of ether oxygens (including phenoxy) is 1. The van der Waals surface area contributed by atoms with Crippen molar-refractivity contribution in [1.82, 2.24) is 14.5 Å². The quantitative estimate of drug-likeness (QED) is 0.433. The van der Waals surface area contributed by atoms with E-state index < -0.39 is 44.8 Å². The molecule has 156 valence electrons. The number of aliphatic hydroxyl groups excluding tert-OH is 2. The molecule has 4 saturated heterocycles. The van der Waals surface area contributed by atoms with E-state index in [4.69, 9.17) is 22.4 Å². The number of hydrogen-bond donors (Lipinski definition) is 3. The molecule has 0 aliphatic carbocycles. The molecular weight excluding hydrogens is 394 g/mol. The van der Waals surface area contributed by atoms with Crippen molar-refractivity contribution in [2.45, 2.75) is 24.5 Å². The fourth-order valence-corrected chi connectivity index (χ4v) is 5.29. The first-order valence-electron chi connectivity index (χ1n) is 9.09. The van der Waals surface area contributed by atoms with E-state index in [9.17, 15) is 19.8 Å². The standard InChI is InChI=1S/C15H23N3O9Si/c19-11-1-2-18(15(22)16-11)14-13(21)12(20)10(27-14)9-26-28-23-6-3-17(4-7-24-28)5-8-25-28/h1-2,10,12-14,20-21H,3-9H2,(H,16,19,22)/t10-,12-,13-,14-/m1/s1. The SMILES string of the molecule is O=c1ccn([C@@H]2O[C@H](CO[Si]34OCCN(CCO3)CCO4)[C@@H](O)[C@H]2O)c(=O)[nH]1. The van der Waals surface area contributed by atoms with Crippen LogP contribution in [0.3, 0.4) is 0 Å². The topological polar surface area (TPSA) is 145 Å². The Morgan fingerprint density at radius 1 is 1.11 bits per heavy atom. The Bertz CT molecular complexity index is 775. The second kappa shape index (κ2) is 8.14. The Hall–Kier alpha value is -1.42. The van der Waals surface area contributed by atoms with Gasteiger partial charge in [-0.05, 0) is 0 Å². The minimum absolute atomic E-state index is 0.150. The summed E-state index contributed by atoms with van der Waals surface area (Å²) in [5.41, 5.74) is -1.32. The van der Waals surface area contributed by atoms with Gasteiger partial charge in [-0.3, -0.25) is 19.2 Å². The van der Waals surface area contributed by atoms with Gasteiger partial charge in [0.05, 0.1) is 26.4 Å². The van der Waals surface area contributed by atoms with Crippen LogP contribution in [0.2, 0.25) is 0 Å². The molecule has 0 unspecified atom stereocenters. The Labute approximate surface area is 160 Å². The molecule has 4 fully saturated rings. The van der Waals surface area contributed by atoms with Gasteiger partial charge >= 0.3 is 14.7 Å². The van der Waals surface area contributed by atoms with Crippen molar-refractivity contribution in [1.29, 1.82) is 0 Å². The third kappa shape index (κ3) is 3.98. The van der Waals surface area contributed by atoms with Crippen LogP contribution in [0.25, 0.3) is 0 Å². The maximum absolute atomic E-state index is 11.9. The van der Waals surface area contributed by atoms with Gasteiger partial charge in [-0.25, -0.2) is 4.79 Å². The third-order valence-corrected chi connectivity index (χ3v) is 7.14. The van der Waals surface area contributed by atoms with Crippen molar-refractivity contribution in [3.63, 3.8) is 0 Å². The lowest BCUT2D eigenvalue weighted by Gasteiger charge is -2.37. The summed E-state index contributed by atoms with van der Waals surface area (Å²) < 4.78 is 29.7. The van der Waals surface area contributed by atoms with Crippen LogP contribution >= 0.6 is 0 Å². The lowest BCUT2D eigenvalue weighted by atomic mass is 10.1. The Balaban J connectivity index is 1.44. The van der Waals surface area contributed by atoms with Crippen molar-refractivity contribution in [2.24, 2.45) is 0 Å². The molecule has 3 N–H and O–H groups in total. The summed E-state index contributed by atoms with van der Waals surface area (Å²) in [6, 6.07) is 1.13. The minimum Gasteiger partial charge on any atom is -0.387 e. The molecule has 12 nitrogen and oxygen atoms in total. The number of rotatable bonds is 4. The first-order valence-corrected chi connectivity index (χ1v) is 10.7. The first kappa shape index (κ1) is 19.9. The zero-order valence-electron chi connectivity index (χ0n) is 15.1. The summed E-state index contributed by atoms with van der Waals surface area (Å²) in [5, 5.41) is 20.6. The third-order valence-electron chi connectivity index (χ3n) is 4.95. The van der Waals surface area contributed by atoms with Crippen LogP contribution in [-0.2, 0) is 22.4 Å². The van der Waals surface area contributed by atoms with E-state index in [1.807, 2.05) is 0 Å². The molecule has 4 atom stereocenters. The largest absolute Gasteiger partial charge is 0.679 e. The number of nitrogens with zero attached hydrogens (tertiary/aromatic N) is 2. The van der Waals surface area contributed by atoms with Gasteiger partial charge in [-0.2, -0.15) is 0 Å². The molecule has 0 spiro atoms. The van der Waals surface area contributed by atoms with Crippen LogP contribution in [0.5, 0.6) is 0 Å². The van der Waals surface area contributed by atoms with Gasteiger partial charge in [0.25, 0.3) is 5.56 Å². The van der Waals surface area contributed by atoms with E-state index in [1.54, 1.807) is 0 Å². The monoisotopic (exact) mass is 417 g/mol. The average Bonchev–Trinajstić information content (AvgIpc) is 2.88. The van der Waals surface area contributed by atoms with E-state index in [-0.39, 0.29) is 6.61 Å². The maximum atomic E-state index is 11.9. The predicted octanol–water partition coefficient (Wildman–Crippen LogP) is -3.01. The first-order chi connectivity index (χ1) is 13.5. The van der Waals surface area contributed by atoms with Crippen molar-refractivity contribution < 1.29 is 32.7 Å². The van der Waals surface area contributed by atoms with Crippen LogP contribution in [0.15, 0.2) is 21.9 Å². The number of aromatic nitrogens is 2. The molecule has 4 aliphatic rings. The normalized spacial score (nSPS) is 38.7. The van der Waals surface area contributed by atoms with E-state index in [1.165, 1.54) is 6.20 Å². The Morgan fingerprint density at radius 3 is 2.36 bits per heavy atom. The summed E-state index contributed by atoms with van der Waals surface area (Å²) in [7, 11) is -3.38. The van der Waals surface area contributed by atoms with E-state index >= 15 is 0 Å². The fraction of sp³-hybridized carbons (Fsp3) is 0.733. The number of aliphatic hydroxyl groups is 2. The molecule has 2 bridgehead atoms. The van der Waals surface area contributed by atoms with Crippen molar-refractivity contribution in [3.05, 3.63) is 33.1 Å². The molecule has 1 aromatic rings. The molecule has 0 aromatic carbocycles. The number of fused-ring (bicyclic) bond motifs is 6. The summed E-state index contributed by atoms with van der Waals surface area (Å²) in [4.78, 5) is 27.4. The van der Waals surface area contributed by atoms with Crippen molar-refractivity contribution in [3.8, 4) is 0 Å². The highest BCUT2D eigenvalue weighted by Gasteiger charge is 2.51. The number of nitrogens with one attached hydrogen (secondary N) is 1. The number of H-pyrrole nitrogens is 1. The minimum atomic E-state index is -3.38. The van der Waals surface area contributed by atoms with Crippen LogP contribution < -0.4 is 11.2 Å². The second-order valence-electron chi connectivity index (χ2n) is 6.76. The van der Waals surface area contributed by atoms with Crippen LogP contribution in [0, 0.1) is 0 Å². The van der Waals surface area contributed by atoms with E-state index in [0.717, 1.165) is 30.3 Å². The summed E-state index contributed by atoms with van der Waals surface area (Å²) in [5.74, 6) is 0. The molecule has 13 heteroatoms. The summed E-state index contributed by atoms with van der Waals surface area (Å²) in [6.45, 7) is 3.31. The highest BCUT2D eigenvalue weighted by molar-refractivity contribution is 6.53. The van der Waals surface area contributed by atoms with Gasteiger partial charge in [-0.1, -0.05) is 0 Å². The second-order valence-corrected chi connectivity index (χ2v) is 8.92. The molecule has 5 rings (SSSR count).